The largest absolute Gasteiger partial charge is 0.323 e. The standard InChI is InChI=1S/C22H22N4O3S/c1-15-4-6-18(7-5-15)8-13-22(27)25-19-9-11-20(12-10-19)30(28,29)26-21-14-16(2)23-17(3)24-21/h4-14H,1-3H3,(H,25,27)(H,23,24,26)/b13-8+. The van der Waals surface area contributed by atoms with Crippen LogP contribution in [-0.2, 0) is 14.8 Å². The molecule has 8 heteroatoms. The molecule has 0 saturated carbocycles. The summed E-state index contributed by atoms with van der Waals surface area (Å²) in [7, 11) is -3.81. The van der Waals surface area contributed by atoms with Gasteiger partial charge in [-0.25, -0.2) is 18.4 Å². The van der Waals surface area contributed by atoms with Crippen LogP contribution in [0.15, 0.2) is 65.6 Å². The minimum Gasteiger partial charge on any atom is -0.323 e. The lowest BCUT2D eigenvalue weighted by molar-refractivity contribution is -0.111. The Kier molecular flexibility index (Phi) is 6.27. The molecule has 0 bridgehead atoms. The molecule has 3 rings (SSSR count). The molecule has 0 unspecified atom stereocenters. The van der Waals surface area contributed by atoms with Crippen LogP contribution < -0.4 is 10.0 Å². The molecular weight excluding hydrogens is 400 g/mol. The minimum absolute atomic E-state index is 0.0598. The molecule has 1 heterocycles. The highest BCUT2D eigenvalue weighted by atomic mass is 32.2. The Hall–Kier alpha value is -3.52. The van der Waals surface area contributed by atoms with Crippen molar-refractivity contribution in [3.05, 3.63) is 83.3 Å². The molecule has 7 nitrogen and oxygen atoms in total. The third-order valence-corrected chi connectivity index (χ3v) is 5.51. The zero-order chi connectivity index (χ0) is 21.7. The van der Waals surface area contributed by atoms with E-state index in [1.54, 1.807) is 26.0 Å². The van der Waals surface area contributed by atoms with Crippen LogP contribution >= 0.6 is 0 Å². The number of nitrogens with one attached hydrogen (secondary N) is 2. The highest BCUT2D eigenvalue weighted by molar-refractivity contribution is 7.92. The normalized spacial score (nSPS) is 11.4. The van der Waals surface area contributed by atoms with Crippen molar-refractivity contribution in [1.82, 2.24) is 9.97 Å². The highest BCUT2D eigenvalue weighted by Gasteiger charge is 2.15. The van der Waals surface area contributed by atoms with E-state index in [-0.39, 0.29) is 16.6 Å². The van der Waals surface area contributed by atoms with E-state index < -0.39 is 10.0 Å². The Labute approximate surface area is 176 Å². The quantitative estimate of drug-likeness (QED) is 0.588. The van der Waals surface area contributed by atoms with Crippen LogP contribution in [0.1, 0.15) is 22.6 Å². The smallest absolute Gasteiger partial charge is 0.263 e. The van der Waals surface area contributed by atoms with Crippen LogP contribution in [0.2, 0.25) is 0 Å². The van der Waals surface area contributed by atoms with Crippen LogP contribution in [0, 0.1) is 20.8 Å². The maximum Gasteiger partial charge on any atom is 0.263 e. The molecule has 2 N–H and O–H groups in total. The lowest BCUT2D eigenvalue weighted by Crippen LogP contribution is -2.15. The zero-order valence-corrected chi connectivity index (χ0v) is 17.7. The molecule has 0 aliphatic carbocycles. The molecule has 0 radical (unpaired) electrons. The summed E-state index contributed by atoms with van der Waals surface area (Å²) >= 11 is 0. The number of hydrogen-bond donors (Lipinski definition) is 2. The molecule has 154 valence electrons. The Morgan fingerprint density at radius 2 is 1.60 bits per heavy atom. The van der Waals surface area contributed by atoms with E-state index in [0.29, 0.717) is 17.2 Å². The number of aryl methyl sites for hydroxylation is 3. The van der Waals surface area contributed by atoms with Crippen molar-refractivity contribution in [3.63, 3.8) is 0 Å². The van der Waals surface area contributed by atoms with E-state index in [9.17, 15) is 13.2 Å². The fraction of sp³-hybridized carbons (Fsp3) is 0.136. The fourth-order valence-corrected chi connectivity index (χ4v) is 3.71. The number of aromatic nitrogens is 2. The lowest BCUT2D eigenvalue weighted by Gasteiger charge is -2.09. The number of nitrogens with zero attached hydrogens (tertiary/aromatic N) is 2. The van der Waals surface area contributed by atoms with Crippen molar-refractivity contribution in [2.75, 3.05) is 10.0 Å². The van der Waals surface area contributed by atoms with Gasteiger partial charge in [0.2, 0.25) is 5.91 Å². The van der Waals surface area contributed by atoms with Gasteiger partial charge in [-0.3, -0.25) is 9.52 Å². The lowest BCUT2D eigenvalue weighted by atomic mass is 10.1. The maximum absolute atomic E-state index is 12.6. The summed E-state index contributed by atoms with van der Waals surface area (Å²) < 4.78 is 27.6. The Morgan fingerprint density at radius 1 is 0.933 bits per heavy atom. The summed E-state index contributed by atoms with van der Waals surface area (Å²) in [6.45, 7) is 5.45. The monoisotopic (exact) mass is 422 g/mol. The topological polar surface area (TPSA) is 101 Å². The van der Waals surface area contributed by atoms with Gasteiger partial charge in [0.05, 0.1) is 4.90 Å². The van der Waals surface area contributed by atoms with Gasteiger partial charge in [0.25, 0.3) is 10.0 Å². The Morgan fingerprint density at radius 3 is 2.23 bits per heavy atom. The molecule has 1 amide bonds. The van der Waals surface area contributed by atoms with E-state index in [2.05, 4.69) is 20.0 Å². The van der Waals surface area contributed by atoms with Gasteiger partial charge in [-0.2, -0.15) is 0 Å². The van der Waals surface area contributed by atoms with Crippen LogP contribution in [0.25, 0.3) is 6.08 Å². The van der Waals surface area contributed by atoms with Crippen molar-refractivity contribution in [1.29, 1.82) is 0 Å². The molecule has 0 aliphatic rings. The first-order chi connectivity index (χ1) is 14.2. The zero-order valence-electron chi connectivity index (χ0n) is 16.9. The summed E-state index contributed by atoms with van der Waals surface area (Å²) in [5.74, 6) is 0.374. The second-order valence-corrected chi connectivity index (χ2v) is 8.49. The molecule has 0 fully saturated rings. The van der Waals surface area contributed by atoms with Crippen molar-refractivity contribution in [3.8, 4) is 0 Å². The first-order valence-electron chi connectivity index (χ1n) is 9.22. The molecule has 0 saturated heterocycles. The summed E-state index contributed by atoms with van der Waals surface area (Å²) in [4.78, 5) is 20.4. The summed E-state index contributed by atoms with van der Waals surface area (Å²) in [5, 5.41) is 2.71. The first kappa shape index (κ1) is 21.2. The number of carbonyl (C=O) groups excluding carboxylic acids is 1. The summed E-state index contributed by atoms with van der Waals surface area (Å²) in [6.07, 6.45) is 3.14. The molecule has 0 aliphatic heterocycles. The van der Waals surface area contributed by atoms with Gasteiger partial charge in [-0.05, 0) is 56.7 Å². The highest BCUT2D eigenvalue weighted by Crippen LogP contribution is 2.18. The number of rotatable bonds is 6. The van der Waals surface area contributed by atoms with Crippen molar-refractivity contribution in [2.24, 2.45) is 0 Å². The Bertz CT molecular complexity index is 1170. The SMILES string of the molecule is Cc1ccc(/C=C/C(=O)Nc2ccc(S(=O)(=O)Nc3cc(C)nc(C)n3)cc2)cc1. The predicted octanol–water partition coefficient (Wildman–Crippen LogP) is 3.85. The van der Waals surface area contributed by atoms with E-state index in [0.717, 1.165) is 11.1 Å². The summed E-state index contributed by atoms with van der Waals surface area (Å²) in [5.41, 5.74) is 3.21. The number of sulfonamides is 1. The minimum atomic E-state index is -3.81. The predicted molar refractivity (Wildman–Crippen MR) is 118 cm³/mol. The third-order valence-electron chi connectivity index (χ3n) is 4.14. The molecule has 0 atom stereocenters. The number of carbonyl (C=O) groups is 1. The molecular formula is C22H22N4O3S. The fourth-order valence-electron chi connectivity index (χ4n) is 2.72. The second kappa shape index (κ2) is 8.87. The number of anilines is 2. The van der Waals surface area contributed by atoms with Gasteiger partial charge >= 0.3 is 0 Å². The van der Waals surface area contributed by atoms with E-state index in [1.807, 2.05) is 31.2 Å². The third kappa shape index (κ3) is 5.74. The van der Waals surface area contributed by atoms with Crippen LogP contribution in [0.4, 0.5) is 11.5 Å². The van der Waals surface area contributed by atoms with Gasteiger partial charge in [0.1, 0.15) is 11.6 Å². The van der Waals surface area contributed by atoms with Gasteiger partial charge in [-0.1, -0.05) is 29.8 Å². The van der Waals surface area contributed by atoms with E-state index in [1.165, 1.54) is 30.3 Å². The van der Waals surface area contributed by atoms with E-state index >= 15 is 0 Å². The van der Waals surface area contributed by atoms with Crippen LogP contribution in [0.5, 0.6) is 0 Å². The molecule has 0 spiro atoms. The molecule has 1 aromatic heterocycles. The number of hydrogen-bond acceptors (Lipinski definition) is 5. The molecule has 3 aromatic rings. The maximum atomic E-state index is 12.6. The first-order valence-corrected chi connectivity index (χ1v) is 10.7. The van der Waals surface area contributed by atoms with Crippen molar-refractivity contribution < 1.29 is 13.2 Å². The number of amides is 1. The Balaban J connectivity index is 1.66. The van der Waals surface area contributed by atoms with Gasteiger partial charge in [-0.15, -0.1) is 0 Å². The summed E-state index contributed by atoms with van der Waals surface area (Å²) in [6, 6.07) is 15.2. The second-order valence-electron chi connectivity index (χ2n) is 6.80. The van der Waals surface area contributed by atoms with Gasteiger partial charge in [0, 0.05) is 23.5 Å². The van der Waals surface area contributed by atoms with Crippen molar-refractivity contribution >= 4 is 33.5 Å². The van der Waals surface area contributed by atoms with Crippen LogP contribution in [-0.4, -0.2) is 24.3 Å². The number of benzene rings is 2. The average molecular weight is 423 g/mol. The van der Waals surface area contributed by atoms with E-state index in [4.69, 9.17) is 0 Å². The van der Waals surface area contributed by atoms with Crippen molar-refractivity contribution in [2.45, 2.75) is 25.7 Å². The van der Waals surface area contributed by atoms with Gasteiger partial charge < -0.3 is 5.32 Å². The van der Waals surface area contributed by atoms with Gasteiger partial charge in [0.15, 0.2) is 0 Å². The van der Waals surface area contributed by atoms with Crippen LogP contribution in [0.3, 0.4) is 0 Å². The average Bonchev–Trinajstić information content (AvgIpc) is 2.67. The molecule has 2 aromatic carbocycles. The molecule has 30 heavy (non-hydrogen) atoms.